The van der Waals surface area contributed by atoms with Gasteiger partial charge in [-0.1, -0.05) is 6.07 Å². The van der Waals surface area contributed by atoms with Gasteiger partial charge >= 0.3 is 0 Å². The van der Waals surface area contributed by atoms with Crippen molar-refractivity contribution >= 4 is 37.4 Å². The standard InChI is InChI=1S/C13H15FN2O3S2/c1-2-21(18,19)16-7-6-15-13(17)12-8-9-10(14)4-3-5-11(9)20-12/h3-5,8,16H,2,6-7H2,1H3,(H,15,17). The number of rotatable bonds is 6. The third-order valence-corrected chi connectivity index (χ3v) is 5.35. The van der Waals surface area contributed by atoms with Crippen molar-refractivity contribution in [3.8, 4) is 0 Å². The van der Waals surface area contributed by atoms with Crippen LogP contribution in [0.5, 0.6) is 0 Å². The van der Waals surface area contributed by atoms with Gasteiger partial charge in [0.25, 0.3) is 5.91 Å². The quantitative estimate of drug-likeness (QED) is 0.792. The fourth-order valence-corrected chi connectivity index (χ4v) is 3.32. The SMILES string of the molecule is CCS(=O)(=O)NCCNC(=O)c1cc2c(F)cccc2s1. The van der Waals surface area contributed by atoms with Gasteiger partial charge in [0.15, 0.2) is 0 Å². The molecule has 1 aromatic carbocycles. The van der Waals surface area contributed by atoms with Crippen molar-refractivity contribution in [3.63, 3.8) is 0 Å². The maximum absolute atomic E-state index is 13.5. The molecule has 0 bridgehead atoms. The first-order chi connectivity index (χ1) is 9.93. The first-order valence-electron chi connectivity index (χ1n) is 6.36. The van der Waals surface area contributed by atoms with Crippen LogP contribution in [-0.2, 0) is 10.0 Å². The second kappa shape index (κ2) is 6.50. The summed E-state index contributed by atoms with van der Waals surface area (Å²) < 4.78 is 39.0. The van der Waals surface area contributed by atoms with Crippen LogP contribution < -0.4 is 10.0 Å². The third-order valence-electron chi connectivity index (χ3n) is 2.84. The van der Waals surface area contributed by atoms with E-state index in [-0.39, 0.29) is 30.6 Å². The molecular formula is C13H15FN2O3S2. The van der Waals surface area contributed by atoms with Gasteiger partial charge in [0.1, 0.15) is 5.82 Å². The Hall–Kier alpha value is -1.51. The molecule has 21 heavy (non-hydrogen) atoms. The number of carbonyl (C=O) groups excluding carboxylic acids is 1. The number of amides is 1. The van der Waals surface area contributed by atoms with E-state index in [9.17, 15) is 17.6 Å². The molecule has 0 spiro atoms. The van der Waals surface area contributed by atoms with Crippen molar-refractivity contribution in [2.75, 3.05) is 18.8 Å². The van der Waals surface area contributed by atoms with Crippen LogP contribution in [0.25, 0.3) is 10.1 Å². The molecule has 8 heteroatoms. The highest BCUT2D eigenvalue weighted by molar-refractivity contribution is 7.89. The highest BCUT2D eigenvalue weighted by atomic mass is 32.2. The van der Waals surface area contributed by atoms with Gasteiger partial charge in [-0.05, 0) is 25.1 Å². The Morgan fingerprint density at radius 2 is 2.10 bits per heavy atom. The van der Waals surface area contributed by atoms with Crippen LogP contribution in [-0.4, -0.2) is 33.2 Å². The second-order valence-electron chi connectivity index (χ2n) is 4.32. The number of thiophene rings is 1. The monoisotopic (exact) mass is 330 g/mol. The molecule has 0 aliphatic rings. The fraction of sp³-hybridized carbons (Fsp3) is 0.308. The van der Waals surface area contributed by atoms with Crippen molar-refractivity contribution in [3.05, 3.63) is 35.0 Å². The molecule has 2 aromatic rings. The molecule has 0 saturated carbocycles. The Bertz CT molecular complexity index is 756. The zero-order valence-corrected chi connectivity index (χ0v) is 13.0. The Kier molecular flexibility index (Phi) is 4.92. The Labute approximate surface area is 126 Å². The number of hydrogen-bond donors (Lipinski definition) is 2. The van der Waals surface area contributed by atoms with Gasteiger partial charge in [0.2, 0.25) is 10.0 Å². The number of sulfonamides is 1. The Morgan fingerprint density at radius 3 is 2.76 bits per heavy atom. The maximum Gasteiger partial charge on any atom is 0.261 e. The summed E-state index contributed by atoms with van der Waals surface area (Å²) in [6.45, 7) is 1.84. The van der Waals surface area contributed by atoms with E-state index in [0.29, 0.717) is 15.0 Å². The highest BCUT2D eigenvalue weighted by Gasteiger charge is 2.12. The van der Waals surface area contributed by atoms with Crippen LogP contribution in [0.4, 0.5) is 4.39 Å². The number of benzene rings is 1. The molecule has 0 atom stereocenters. The molecule has 0 aliphatic carbocycles. The van der Waals surface area contributed by atoms with Gasteiger partial charge in [-0.2, -0.15) is 0 Å². The first kappa shape index (κ1) is 15.9. The summed E-state index contributed by atoms with van der Waals surface area (Å²) in [4.78, 5) is 12.3. The minimum Gasteiger partial charge on any atom is -0.350 e. The summed E-state index contributed by atoms with van der Waals surface area (Å²) in [5.41, 5.74) is 0. The van der Waals surface area contributed by atoms with E-state index in [1.165, 1.54) is 30.4 Å². The molecule has 114 valence electrons. The molecule has 0 fully saturated rings. The van der Waals surface area contributed by atoms with Gasteiger partial charge in [0.05, 0.1) is 10.6 Å². The van der Waals surface area contributed by atoms with E-state index in [2.05, 4.69) is 10.0 Å². The fourth-order valence-electron chi connectivity index (χ4n) is 1.71. The number of fused-ring (bicyclic) bond motifs is 1. The normalized spacial score (nSPS) is 11.7. The van der Waals surface area contributed by atoms with Crippen LogP contribution in [0, 0.1) is 5.82 Å². The second-order valence-corrected chi connectivity index (χ2v) is 7.50. The van der Waals surface area contributed by atoms with Crippen molar-refractivity contribution in [2.45, 2.75) is 6.92 Å². The van der Waals surface area contributed by atoms with E-state index in [1.54, 1.807) is 12.1 Å². The minimum atomic E-state index is -3.26. The van der Waals surface area contributed by atoms with E-state index < -0.39 is 10.0 Å². The molecule has 1 aromatic heterocycles. The lowest BCUT2D eigenvalue weighted by molar-refractivity contribution is 0.0958. The molecule has 0 unspecified atom stereocenters. The lowest BCUT2D eigenvalue weighted by Crippen LogP contribution is -2.35. The largest absolute Gasteiger partial charge is 0.350 e. The highest BCUT2D eigenvalue weighted by Crippen LogP contribution is 2.27. The number of halogens is 1. The Morgan fingerprint density at radius 1 is 1.33 bits per heavy atom. The van der Waals surface area contributed by atoms with E-state index in [0.717, 1.165) is 0 Å². The van der Waals surface area contributed by atoms with Crippen molar-refractivity contribution in [2.24, 2.45) is 0 Å². The van der Waals surface area contributed by atoms with Gasteiger partial charge in [-0.25, -0.2) is 17.5 Å². The van der Waals surface area contributed by atoms with Crippen LogP contribution in [0.2, 0.25) is 0 Å². The number of carbonyl (C=O) groups is 1. The number of nitrogens with one attached hydrogen (secondary N) is 2. The smallest absolute Gasteiger partial charge is 0.261 e. The van der Waals surface area contributed by atoms with Crippen molar-refractivity contribution < 1.29 is 17.6 Å². The topological polar surface area (TPSA) is 75.3 Å². The van der Waals surface area contributed by atoms with Gasteiger partial charge < -0.3 is 5.32 Å². The zero-order chi connectivity index (χ0) is 15.5. The molecule has 0 saturated heterocycles. The van der Waals surface area contributed by atoms with Gasteiger partial charge in [0, 0.05) is 23.2 Å². The minimum absolute atomic E-state index is 0.00344. The molecule has 1 amide bonds. The molecule has 0 aliphatic heterocycles. The molecule has 1 heterocycles. The summed E-state index contributed by atoms with van der Waals surface area (Å²) in [5, 5.41) is 3.01. The molecular weight excluding hydrogens is 315 g/mol. The van der Waals surface area contributed by atoms with Gasteiger partial charge in [-0.3, -0.25) is 4.79 Å². The average molecular weight is 330 g/mol. The molecule has 2 rings (SSSR count). The molecule has 2 N–H and O–H groups in total. The average Bonchev–Trinajstić information content (AvgIpc) is 2.89. The third kappa shape index (κ3) is 3.99. The van der Waals surface area contributed by atoms with E-state index >= 15 is 0 Å². The summed E-state index contributed by atoms with van der Waals surface area (Å²) >= 11 is 1.20. The lowest BCUT2D eigenvalue weighted by Gasteiger charge is -2.05. The van der Waals surface area contributed by atoms with Crippen LogP contribution >= 0.6 is 11.3 Å². The van der Waals surface area contributed by atoms with Crippen LogP contribution in [0.1, 0.15) is 16.6 Å². The van der Waals surface area contributed by atoms with Crippen molar-refractivity contribution in [1.29, 1.82) is 0 Å². The summed E-state index contributed by atoms with van der Waals surface area (Å²) in [7, 11) is -3.26. The molecule has 0 radical (unpaired) electrons. The predicted molar refractivity (Wildman–Crippen MR) is 81.6 cm³/mol. The maximum atomic E-state index is 13.5. The lowest BCUT2D eigenvalue weighted by atomic mass is 10.2. The summed E-state index contributed by atoms with van der Waals surface area (Å²) in [6.07, 6.45) is 0. The first-order valence-corrected chi connectivity index (χ1v) is 8.83. The Balaban J connectivity index is 1.95. The van der Waals surface area contributed by atoms with E-state index in [4.69, 9.17) is 0 Å². The van der Waals surface area contributed by atoms with Gasteiger partial charge in [-0.15, -0.1) is 11.3 Å². The van der Waals surface area contributed by atoms with Crippen LogP contribution in [0.15, 0.2) is 24.3 Å². The van der Waals surface area contributed by atoms with Crippen molar-refractivity contribution in [1.82, 2.24) is 10.0 Å². The predicted octanol–water partition coefficient (Wildman–Crippen LogP) is 1.71. The summed E-state index contributed by atoms with van der Waals surface area (Å²) in [5.74, 6) is -0.707. The van der Waals surface area contributed by atoms with E-state index in [1.807, 2.05) is 0 Å². The zero-order valence-electron chi connectivity index (χ0n) is 11.3. The van der Waals surface area contributed by atoms with Crippen LogP contribution in [0.3, 0.4) is 0 Å². The number of hydrogen-bond acceptors (Lipinski definition) is 4. The molecule has 5 nitrogen and oxygen atoms in total. The summed E-state index contributed by atoms with van der Waals surface area (Å²) in [6, 6.07) is 6.18.